The van der Waals surface area contributed by atoms with Crippen LogP contribution in [-0.2, 0) is 0 Å². The molecule has 3 rings (SSSR count). The number of aromatic hydroxyl groups is 1. The van der Waals surface area contributed by atoms with Gasteiger partial charge in [-0.05, 0) is 51.1 Å². The SMILES string of the molecule is CN1CCC2(CCCN(C(=O)c3ccc(O)c(Cl)c3)C2)C1. The number of carbonyl (C=O) groups excluding carboxylic acids is 1. The third kappa shape index (κ3) is 2.87. The molecule has 21 heavy (non-hydrogen) atoms. The van der Waals surface area contributed by atoms with Crippen molar-refractivity contribution in [3.8, 4) is 5.75 Å². The summed E-state index contributed by atoms with van der Waals surface area (Å²) in [5, 5.41) is 9.70. The third-order valence-electron chi connectivity index (χ3n) is 4.77. The molecule has 0 bridgehead atoms. The molecule has 0 aliphatic carbocycles. The fourth-order valence-corrected chi connectivity index (χ4v) is 3.88. The number of hydrogen-bond donors (Lipinski definition) is 1. The molecule has 2 aliphatic heterocycles. The maximum Gasteiger partial charge on any atom is 0.253 e. The number of phenols is 1. The van der Waals surface area contributed by atoms with Crippen molar-refractivity contribution in [3.63, 3.8) is 0 Å². The van der Waals surface area contributed by atoms with Crippen molar-refractivity contribution in [3.05, 3.63) is 28.8 Å². The monoisotopic (exact) mass is 308 g/mol. The number of carbonyl (C=O) groups is 1. The summed E-state index contributed by atoms with van der Waals surface area (Å²) in [6.45, 7) is 3.83. The zero-order chi connectivity index (χ0) is 15.0. The highest BCUT2D eigenvalue weighted by molar-refractivity contribution is 6.32. The van der Waals surface area contributed by atoms with Gasteiger partial charge in [-0.3, -0.25) is 4.79 Å². The first-order chi connectivity index (χ1) is 9.99. The standard InChI is InChI=1S/C16H21ClN2O2/c1-18-8-6-16(10-18)5-2-7-19(11-16)15(21)12-3-4-14(20)13(17)9-12/h3-4,9,20H,2,5-8,10-11H2,1H3. The van der Waals surface area contributed by atoms with Crippen molar-refractivity contribution in [2.75, 3.05) is 33.2 Å². The first-order valence-electron chi connectivity index (χ1n) is 7.45. The molecule has 114 valence electrons. The fourth-order valence-electron chi connectivity index (χ4n) is 3.70. The summed E-state index contributed by atoms with van der Waals surface area (Å²) in [6.07, 6.45) is 3.44. The molecule has 2 aliphatic rings. The summed E-state index contributed by atoms with van der Waals surface area (Å²) < 4.78 is 0. The Morgan fingerprint density at radius 2 is 2.10 bits per heavy atom. The summed E-state index contributed by atoms with van der Waals surface area (Å²) in [7, 11) is 2.15. The van der Waals surface area contributed by atoms with E-state index >= 15 is 0 Å². The van der Waals surface area contributed by atoms with Gasteiger partial charge in [0.2, 0.25) is 0 Å². The van der Waals surface area contributed by atoms with Gasteiger partial charge in [-0.15, -0.1) is 0 Å². The molecule has 1 amide bonds. The number of nitrogens with zero attached hydrogens (tertiary/aromatic N) is 2. The largest absolute Gasteiger partial charge is 0.506 e. The van der Waals surface area contributed by atoms with Crippen molar-refractivity contribution in [1.29, 1.82) is 0 Å². The number of amides is 1. The van der Waals surface area contributed by atoms with Gasteiger partial charge in [-0.1, -0.05) is 11.6 Å². The molecule has 0 radical (unpaired) electrons. The maximum absolute atomic E-state index is 12.7. The van der Waals surface area contributed by atoms with Gasteiger partial charge in [0.1, 0.15) is 5.75 Å². The normalized spacial score (nSPS) is 26.5. The Kier molecular flexibility index (Phi) is 3.84. The molecule has 1 aromatic rings. The van der Waals surface area contributed by atoms with E-state index in [1.165, 1.54) is 18.9 Å². The molecule has 1 unspecified atom stereocenters. The van der Waals surface area contributed by atoms with Crippen LogP contribution in [0.4, 0.5) is 0 Å². The Hall–Kier alpha value is -1.26. The number of phenolic OH excluding ortho intramolecular Hbond substituents is 1. The summed E-state index contributed by atoms with van der Waals surface area (Å²) in [4.78, 5) is 17.0. The van der Waals surface area contributed by atoms with Gasteiger partial charge in [-0.2, -0.15) is 0 Å². The molecular formula is C16H21ClN2O2. The molecule has 1 N–H and O–H groups in total. The summed E-state index contributed by atoms with van der Waals surface area (Å²) >= 11 is 5.91. The van der Waals surface area contributed by atoms with E-state index in [-0.39, 0.29) is 22.1 Å². The van der Waals surface area contributed by atoms with E-state index in [0.717, 1.165) is 32.6 Å². The molecule has 1 aromatic carbocycles. The van der Waals surface area contributed by atoms with Crippen molar-refractivity contribution in [1.82, 2.24) is 9.80 Å². The van der Waals surface area contributed by atoms with E-state index in [2.05, 4.69) is 11.9 Å². The number of halogens is 1. The lowest BCUT2D eigenvalue weighted by Gasteiger charge is -2.40. The van der Waals surface area contributed by atoms with Crippen LogP contribution >= 0.6 is 11.6 Å². The summed E-state index contributed by atoms with van der Waals surface area (Å²) in [6, 6.07) is 4.69. The lowest BCUT2D eigenvalue weighted by molar-refractivity contribution is 0.0534. The van der Waals surface area contributed by atoms with Gasteiger partial charge in [0.15, 0.2) is 0 Å². The molecule has 5 heteroatoms. The highest BCUT2D eigenvalue weighted by atomic mass is 35.5. The van der Waals surface area contributed by atoms with E-state index in [0.29, 0.717) is 5.56 Å². The Morgan fingerprint density at radius 1 is 1.29 bits per heavy atom. The van der Waals surface area contributed by atoms with Crippen LogP contribution in [0.25, 0.3) is 0 Å². The van der Waals surface area contributed by atoms with Crippen molar-refractivity contribution in [2.24, 2.45) is 5.41 Å². The second kappa shape index (κ2) is 5.50. The first kappa shape index (κ1) is 14.7. The van der Waals surface area contributed by atoms with Gasteiger partial charge in [-0.25, -0.2) is 0 Å². The van der Waals surface area contributed by atoms with Crippen molar-refractivity contribution in [2.45, 2.75) is 19.3 Å². The highest BCUT2D eigenvalue weighted by Crippen LogP contribution is 2.38. The predicted molar refractivity (Wildman–Crippen MR) is 82.8 cm³/mol. The van der Waals surface area contributed by atoms with E-state index in [1.807, 2.05) is 4.90 Å². The van der Waals surface area contributed by atoms with Gasteiger partial charge >= 0.3 is 0 Å². The Balaban J connectivity index is 1.76. The van der Waals surface area contributed by atoms with E-state index in [4.69, 9.17) is 11.6 Å². The van der Waals surface area contributed by atoms with Crippen LogP contribution in [-0.4, -0.2) is 54.0 Å². The van der Waals surface area contributed by atoms with Crippen molar-refractivity contribution >= 4 is 17.5 Å². The number of rotatable bonds is 1. The lowest BCUT2D eigenvalue weighted by atomic mass is 9.79. The minimum atomic E-state index is 0.0146. The quantitative estimate of drug-likeness (QED) is 0.867. The molecule has 0 saturated carbocycles. The number of likely N-dealkylation sites (tertiary alicyclic amines) is 2. The maximum atomic E-state index is 12.7. The average molecular weight is 309 g/mol. The van der Waals surface area contributed by atoms with Crippen LogP contribution in [0.5, 0.6) is 5.75 Å². The second-order valence-electron chi connectivity index (χ2n) is 6.48. The van der Waals surface area contributed by atoms with Crippen LogP contribution in [0.2, 0.25) is 5.02 Å². The lowest BCUT2D eigenvalue weighted by Crippen LogP contribution is -2.47. The van der Waals surface area contributed by atoms with E-state index < -0.39 is 0 Å². The van der Waals surface area contributed by atoms with Gasteiger partial charge in [0, 0.05) is 30.6 Å². The molecule has 0 aromatic heterocycles. The number of hydrogen-bond acceptors (Lipinski definition) is 3. The summed E-state index contributed by atoms with van der Waals surface area (Å²) in [5.41, 5.74) is 0.824. The molecule has 1 atom stereocenters. The van der Waals surface area contributed by atoms with Crippen LogP contribution in [0.15, 0.2) is 18.2 Å². The minimum Gasteiger partial charge on any atom is -0.506 e. The highest BCUT2D eigenvalue weighted by Gasteiger charge is 2.41. The van der Waals surface area contributed by atoms with E-state index in [9.17, 15) is 9.90 Å². The topological polar surface area (TPSA) is 43.8 Å². The van der Waals surface area contributed by atoms with Gasteiger partial charge in [0.25, 0.3) is 5.91 Å². The smallest absolute Gasteiger partial charge is 0.253 e. The molecule has 2 saturated heterocycles. The second-order valence-corrected chi connectivity index (χ2v) is 6.89. The summed E-state index contributed by atoms with van der Waals surface area (Å²) in [5.74, 6) is 0.0336. The van der Waals surface area contributed by atoms with Gasteiger partial charge in [0.05, 0.1) is 5.02 Å². The van der Waals surface area contributed by atoms with Gasteiger partial charge < -0.3 is 14.9 Å². The number of benzene rings is 1. The van der Waals surface area contributed by atoms with Crippen LogP contribution in [0.1, 0.15) is 29.6 Å². The predicted octanol–water partition coefficient (Wildman–Crippen LogP) is 2.60. The Morgan fingerprint density at radius 3 is 2.76 bits per heavy atom. The minimum absolute atomic E-state index is 0.0146. The molecule has 2 fully saturated rings. The third-order valence-corrected chi connectivity index (χ3v) is 5.08. The Labute approximate surface area is 130 Å². The molecular weight excluding hydrogens is 288 g/mol. The zero-order valence-corrected chi connectivity index (χ0v) is 13.1. The van der Waals surface area contributed by atoms with Crippen LogP contribution in [0.3, 0.4) is 0 Å². The first-order valence-corrected chi connectivity index (χ1v) is 7.83. The zero-order valence-electron chi connectivity index (χ0n) is 12.3. The molecule has 4 nitrogen and oxygen atoms in total. The average Bonchev–Trinajstić information content (AvgIpc) is 2.81. The van der Waals surface area contributed by atoms with Crippen molar-refractivity contribution < 1.29 is 9.90 Å². The fraction of sp³-hybridized carbons (Fsp3) is 0.562. The Bertz CT molecular complexity index is 559. The van der Waals surface area contributed by atoms with E-state index in [1.54, 1.807) is 12.1 Å². The molecule has 2 heterocycles. The van der Waals surface area contributed by atoms with Crippen LogP contribution < -0.4 is 0 Å². The van der Waals surface area contributed by atoms with Crippen LogP contribution in [0, 0.1) is 5.41 Å². The molecule has 1 spiro atoms. The number of piperidine rings is 1.